The summed E-state index contributed by atoms with van der Waals surface area (Å²) in [5.74, 6) is -1.29. The van der Waals surface area contributed by atoms with Gasteiger partial charge in [0.1, 0.15) is 31.2 Å². The van der Waals surface area contributed by atoms with Gasteiger partial charge in [0.25, 0.3) is 0 Å². The van der Waals surface area contributed by atoms with E-state index in [1.807, 2.05) is 0 Å². The first-order valence-electron chi connectivity index (χ1n) is 9.47. The topological polar surface area (TPSA) is 149 Å². The summed E-state index contributed by atoms with van der Waals surface area (Å²) >= 11 is 0. The summed E-state index contributed by atoms with van der Waals surface area (Å²) in [7, 11) is 0. The summed E-state index contributed by atoms with van der Waals surface area (Å²) in [6.45, 7) is 7.47. The molecular formula is C20H30O10. The number of carbonyl (C=O) groups is 3. The molecule has 1 aliphatic rings. The molecule has 10 heteroatoms. The van der Waals surface area contributed by atoms with Gasteiger partial charge in [-0.1, -0.05) is 12.2 Å². The van der Waals surface area contributed by atoms with Crippen LogP contribution in [0.3, 0.4) is 0 Å². The van der Waals surface area contributed by atoms with E-state index in [0.29, 0.717) is 23.9 Å². The Balaban J connectivity index is 2.69. The van der Waals surface area contributed by atoms with Crippen molar-refractivity contribution in [3.63, 3.8) is 0 Å². The molecule has 1 fully saturated rings. The second-order valence-corrected chi connectivity index (χ2v) is 7.07. The molecule has 1 aliphatic heterocycles. The lowest BCUT2D eigenvalue weighted by Crippen LogP contribution is -2.60. The number of allylic oxidation sites excluding steroid dienone is 1. The highest BCUT2D eigenvalue weighted by atomic mass is 16.7. The van der Waals surface area contributed by atoms with Crippen LogP contribution >= 0.6 is 0 Å². The highest BCUT2D eigenvalue weighted by Gasteiger charge is 2.47. The number of aliphatic hydroxyl groups is 3. The lowest BCUT2D eigenvalue weighted by molar-refractivity contribution is -0.304. The van der Waals surface area contributed by atoms with Crippen molar-refractivity contribution in [3.05, 3.63) is 23.8 Å². The molecule has 10 nitrogen and oxygen atoms in total. The Morgan fingerprint density at radius 2 is 1.83 bits per heavy atom. The fraction of sp³-hybridized carbons (Fsp3) is 0.650. The first-order valence-corrected chi connectivity index (χ1v) is 9.47. The molecule has 0 aromatic rings. The van der Waals surface area contributed by atoms with Gasteiger partial charge in [-0.15, -0.1) is 0 Å². The molecule has 0 unspecified atom stereocenters. The zero-order valence-corrected chi connectivity index (χ0v) is 17.4. The predicted octanol–water partition coefficient (Wildman–Crippen LogP) is -0.213. The zero-order valence-electron chi connectivity index (χ0n) is 17.4. The van der Waals surface area contributed by atoms with Crippen molar-refractivity contribution < 1.29 is 48.7 Å². The third kappa shape index (κ3) is 8.72. The van der Waals surface area contributed by atoms with E-state index in [1.165, 1.54) is 13.0 Å². The van der Waals surface area contributed by atoms with Crippen LogP contribution in [0.15, 0.2) is 23.8 Å². The molecule has 170 valence electrons. The van der Waals surface area contributed by atoms with E-state index in [-0.39, 0.29) is 19.6 Å². The van der Waals surface area contributed by atoms with Gasteiger partial charge in [0.2, 0.25) is 0 Å². The van der Waals surface area contributed by atoms with E-state index < -0.39 is 48.7 Å². The van der Waals surface area contributed by atoms with Crippen LogP contribution in [-0.4, -0.2) is 83.6 Å². The fourth-order valence-corrected chi connectivity index (χ4v) is 2.81. The van der Waals surface area contributed by atoms with Gasteiger partial charge >= 0.3 is 11.9 Å². The van der Waals surface area contributed by atoms with Gasteiger partial charge in [-0.2, -0.15) is 0 Å². The SMILES string of the molecule is C=C(CCO[C@@H]1O[C@H](COC(C)=O)[C@@H](O)[C@H](O)[C@H]1OC(C)=O)C[C@@H](O)/C=C(\C)C=O. The number of hydrogen-bond acceptors (Lipinski definition) is 10. The van der Waals surface area contributed by atoms with Gasteiger partial charge in [0.15, 0.2) is 12.4 Å². The Hall–Kier alpha value is -2.11. The van der Waals surface area contributed by atoms with Crippen LogP contribution in [0.25, 0.3) is 0 Å². The highest BCUT2D eigenvalue weighted by Crippen LogP contribution is 2.25. The molecule has 0 aromatic heterocycles. The molecule has 1 saturated heterocycles. The lowest BCUT2D eigenvalue weighted by Gasteiger charge is -2.41. The second kappa shape index (κ2) is 12.6. The maximum absolute atomic E-state index is 11.4. The summed E-state index contributed by atoms with van der Waals surface area (Å²) in [4.78, 5) is 33.0. The van der Waals surface area contributed by atoms with Crippen LogP contribution in [0.2, 0.25) is 0 Å². The lowest BCUT2D eigenvalue weighted by atomic mass is 9.99. The van der Waals surface area contributed by atoms with Gasteiger partial charge in [-0.25, -0.2) is 0 Å². The monoisotopic (exact) mass is 430 g/mol. The molecule has 0 aromatic carbocycles. The molecule has 6 atom stereocenters. The van der Waals surface area contributed by atoms with Crippen molar-refractivity contribution in [3.8, 4) is 0 Å². The quantitative estimate of drug-likeness (QED) is 0.174. The van der Waals surface area contributed by atoms with Gasteiger partial charge in [0.05, 0.1) is 12.7 Å². The molecule has 0 saturated carbocycles. The number of carbonyl (C=O) groups excluding carboxylic acids is 3. The largest absolute Gasteiger partial charge is 0.463 e. The molecule has 1 rings (SSSR count). The molecule has 0 amide bonds. The van der Waals surface area contributed by atoms with Crippen molar-refractivity contribution in [1.82, 2.24) is 0 Å². The molecule has 1 heterocycles. The van der Waals surface area contributed by atoms with Crippen molar-refractivity contribution in [1.29, 1.82) is 0 Å². The van der Waals surface area contributed by atoms with Crippen molar-refractivity contribution in [2.75, 3.05) is 13.2 Å². The molecule has 30 heavy (non-hydrogen) atoms. The first-order chi connectivity index (χ1) is 14.0. The van der Waals surface area contributed by atoms with Crippen LogP contribution in [-0.2, 0) is 33.3 Å². The van der Waals surface area contributed by atoms with E-state index in [2.05, 4.69) is 6.58 Å². The van der Waals surface area contributed by atoms with Crippen molar-refractivity contribution in [2.24, 2.45) is 0 Å². The Morgan fingerprint density at radius 3 is 2.40 bits per heavy atom. The van der Waals surface area contributed by atoms with E-state index >= 15 is 0 Å². The summed E-state index contributed by atoms with van der Waals surface area (Å²) in [6.07, 6.45) is -4.87. The van der Waals surface area contributed by atoms with Gasteiger partial charge in [-0.3, -0.25) is 14.4 Å². The van der Waals surface area contributed by atoms with Crippen molar-refractivity contribution >= 4 is 18.2 Å². The molecule has 0 aliphatic carbocycles. The number of ether oxygens (including phenoxy) is 4. The van der Waals surface area contributed by atoms with Crippen molar-refractivity contribution in [2.45, 2.75) is 70.4 Å². The molecular weight excluding hydrogens is 400 g/mol. The smallest absolute Gasteiger partial charge is 0.303 e. The normalized spacial score (nSPS) is 27.8. The fourth-order valence-electron chi connectivity index (χ4n) is 2.81. The standard InChI is InChI=1S/C20H30O10/c1-11(7-15(24)8-12(2)9-21)5-6-27-20-19(29-14(4)23)18(26)17(25)16(30-20)10-28-13(3)22/h8-9,15-20,24-26H,1,5-7,10H2,2-4H3/b12-8+/t15-,16-,17-,18+,19-,20-/m1/s1. The minimum atomic E-state index is -1.52. The van der Waals surface area contributed by atoms with Crippen LogP contribution < -0.4 is 0 Å². The van der Waals surface area contributed by atoms with Crippen LogP contribution in [0.5, 0.6) is 0 Å². The predicted molar refractivity (Wildman–Crippen MR) is 103 cm³/mol. The minimum Gasteiger partial charge on any atom is -0.463 e. The van der Waals surface area contributed by atoms with Gasteiger partial charge in [0, 0.05) is 13.8 Å². The number of esters is 2. The molecule has 0 radical (unpaired) electrons. The number of hydrogen-bond donors (Lipinski definition) is 3. The number of rotatable bonds is 11. The summed E-state index contributed by atoms with van der Waals surface area (Å²) in [5, 5.41) is 30.4. The highest BCUT2D eigenvalue weighted by molar-refractivity contribution is 5.72. The Labute approximate surface area is 175 Å². The first kappa shape index (κ1) is 25.9. The number of aldehydes is 1. The maximum Gasteiger partial charge on any atom is 0.303 e. The van der Waals surface area contributed by atoms with E-state index in [9.17, 15) is 29.7 Å². The van der Waals surface area contributed by atoms with Crippen LogP contribution in [0.1, 0.15) is 33.6 Å². The minimum absolute atomic E-state index is 0.0491. The summed E-state index contributed by atoms with van der Waals surface area (Å²) in [6, 6.07) is 0. The van der Waals surface area contributed by atoms with E-state index in [0.717, 1.165) is 6.92 Å². The number of aliphatic hydroxyl groups excluding tert-OH is 3. The summed E-state index contributed by atoms with van der Waals surface area (Å²) in [5.41, 5.74) is 1.03. The summed E-state index contributed by atoms with van der Waals surface area (Å²) < 4.78 is 21.0. The van der Waals surface area contributed by atoms with Gasteiger partial charge < -0.3 is 34.3 Å². The van der Waals surface area contributed by atoms with Crippen LogP contribution in [0.4, 0.5) is 0 Å². The Bertz CT molecular complexity index is 641. The zero-order chi connectivity index (χ0) is 22.8. The molecule has 0 spiro atoms. The average Bonchev–Trinajstić information content (AvgIpc) is 2.65. The van der Waals surface area contributed by atoms with E-state index in [4.69, 9.17) is 18.9 Å². The third-order valence-electron chi connectivity index (χ3n) is 4.27. The molecule has 3 N–H and O–H groups in total. The van der Waals surface area contributed by atoms with Gasteiger partial charge in [-0.05, 0) is 31.4 Å². The molecule has 0 bridgehead atoms. The third-order valence-corrected chi connectivity index (χ3v) is 4.27. The van der Waals surface area contributed by atoms with E-state index in [1.54, 1.807) is 6.92 Å². The maximum atomic E-state index is 11.4. The Morgan fingerprint density at radius 1 is 1.17 bits per heavy atom. The second-order valence-electron chi connectivity index (χ2n) is 7.07. The Kier molecular flexibility index (Phi) is 10.8. The average molecular weight is 430 g/mol. The van der Waals surface area contributed by atoms with Crippen LogP contribution in [0, 0.1) is 0 Å².